The Kier molecular flexibility index (Phi) is 4.76. The number of carbonyl (C=O) groups is 1. The van der Waals surface area contributed by atoms with Crippen LogP contribution < -0.4 is 0 Å². The monoisotopic (exact) mass is 290 g/mol. The molecule has 1 aromatic carbocycles. The van der Waals surface area contributed by atoms with Gasteiger partial charge in [-0.15, -0.1) is 0 Å². The molecule has 0 aromatic heterocycles. The Labute approximate surface area is 112 Å². The van der Waals surface area contributed by atoms with Crippen molar-refractivity contribution in [3.05, 3.63) is 34.9 Å². The van der Waals surface area contributed by atoms with Crippen molar-refractivity contribution in [3.8, 4) is 0 Å². The maximum absolute atomic E-state index is 12.1. The molecule has 6 heteroatoms. The van der Waals surface area contributed by atoms with Crippen LogP contribution in [0.1, 0.15) is 19.4 Å². The molecule has 0 amide bonds. The maximum Gasteiger partial charge on any atom is 0.322 e. The summed E-state index contributed by atoms with van der Waals surface area (Å²) in [6, 6.07) is 6.41. The van der Waals surface area contributed by atoms with Crippen LogP contribution in [0.25, 0.3) is 0 Å². The van der Waals surface area contributed by atoms with Gasteiger partial charge >= 0.3 is 5.97 Å². The lowest BCUT2D eigenvalue weighted by molar-refractivity contribution is -0.137. The van der Waals surface area contributed by atoms with E-state index in [0.717, 1.165) is 0 Å². The second-order valence-electron chi connectivity index (χ2n) is 4.44. The number of rotatable bonds is 5. The molecule has 100 valence electrons. The van der Waals surface area contributed by atoms with Gasteiger partial charge in [0.1, 0.15) is 0 Å². The Balaban J connectivity index is 3.04. The summed E-state index contributed by atoms with van der Waals surface area (Å²) in [5.41, 5.74) is 0.495. The van der Waals surface area contributed by atoms with Crippen LogP contribution in [-0.4, -0.2) is 24.7 Å². The lowest BCUT2D eigenvalue weighted by Crippen LogP contribution is -2.35. The summed E-state index contributed by atoms with van der Waals surface area (Å²) < 4.78 is 24.1. The van der Waals surface area contributed by atoms with Gasteiger partial charge in [-0.05, 0) is 23.6 Å². The zero-order chi connectivity index (χ0) is 13.9. The van der Waals surface area contributed by atoms with Crippen LogP contribution in [-0.2, 0) is 20.4 Å². The van der Waals surface area contributed by atoms with Gasteiger partial charge in [-0.3, -0.25) is 4.79 Å². The summed E-state index contributed by atoms with van der Waals surface area (Å²) in [4.78, 5) is 11.0. The zero-order valence-electron chi connectivity index (χ0n) is 10.1. The van der Waals surface area contributed by atoms with Crippen LogP contribution in [0.15, 0.2) is 24.3 Å². The first-order chi connectivity index (χ1) is 8.24. The van der Waals surface area contributed by atoms with Crippen molar-refractivity contribution in [2.24, 2.45) is 5.92 Å². The molecule has 0 fully saturated rings. The first kappa shape index (κ1) is 15.0. The summed E-state index contributed by atoms with van der Waals surface area (Å²) in [6.07, 6.45) is 0. The van der Waals surface area contributed by atoms with Crippen molar-refractivity contribution in [1.82, 2.24) is 0 Å². The van der Waals surface area contributed by atoms with E-state index < -0.39 is 27.0 Å². The Hall–Kier alpha value is -1.07. The van der Waals surface area contributed by atoms with E-state index in [9.17, 15) is 13.2 Å². The van der Waals surface area contributed by atoms with Crippen LogP contribution in [0.4, 0.5) is 0 Å². The standard InChI is InChI=1S/C12H15ClO4S/c1-8(2)11(12(14)15)18(16,17)7-9-4-3-5-10(13)6-9/h3-6,8,11H,7H2,1-2H3,(H,14,15). The Bertz CT molecular complexity index is 537. The molecule has 0 saturated heterocycles. The van der Waals surface area contributed by atoms with E-state index in [1.807, 2.05) is 0 Å². The number of benzene rings is 1. The molecular formula is C12H15ClO4S. The molecule has 0 radical (unpaired) electrons. The van der Waals surface area contributed by atoms with Gasteiger partial charge < -0.3 is 5.11 Å². The zero-order valence-corrected chi connectivity index (χ0v) is 11.7. The molecule has 0 spiro atoms. The first-order valence-electron chi connectivity index (χ1n) is 5.43. The van der Waals surface area contributed by atoms with Gasteiger partial charge in [0.15, 0.2) is 15.1 Å². The van der Waals surface area contributed by atoms with Gasteiger partial charge in [-0.2, -0.15) is 0 Å². The predicted molar refractivity (Wildman–Crippen MR) is 70.3 cm³/mol. The van der Waals surface area contributed by atoms with Crippen molar-refractivity contribution in [1.29, 1.82) is 0 Å². The van der Waals surface area contributed by atoms with Gasteiger partial charge in [0.2, 0.25) is 0 Å². The van der Waals surface area contributed by atoms with Crippen LogP contribution in [0.3, 0.4) is 0 Å². The van der Waals surface area contributed by atoms with E-state index in [-0.39, 0.29) is 5.75 Å². The Morgan fingerprint density at radius 1 is 1.39 bits per heavy atom. The molecular weight excluding hydrogens is 276 g/mol. The molecule has 1 unspecified atom stereocenters. The average molecular weight is 291 g/mol. The summed E-state index contributed by atoms with van der Waals surface area (Å²) in [5, 5.41) is 8.04. The van der Waals surface area contributed by atoms with E-state index in [4.69, 9.17) is 16.7 Å². The Morgan fingerprint density at radius 2 is 2.00 bits per heavy atom. The minimum Gasteiger partial charge on any atom is -0.480 e. The number of halogens is 1. The first-order valence-corrected chi connectivity index (χ1v) is 7.52. The highest BCUT2D eigenvalue weighted by Gasteiger charge is 2.35. The van der Waals surface area contributed by atoms with Crippen LogP contribution >= 0.6 is 11.6 Å². The number of hydrogen-bond acceptors (Lipinski definition) is 3. The van der Waals surface area contributed by atoms with Crippen molar-refractivity contribution < 1.29 is 18.3 Å². The fourth-order valence-corrected chi connectivity index (χ4v) is 3.98. The molecule has 0 aliphatic rings. The topological polar surface area (TPSA) is 71.4 Å². The molecule has 0 bridgehead atoms. The molecule has 0 saturated carbocycles. The molecule has 4 nitrogen and oxygen atoms in total. The Morgan fingerprint density at radius 3 is 2.44 bits per heavy atom. The van der Waals surface area contributed by atoms with Gasteiger partial charge in [-0.25, -0.2) is 8.42 Å². The normalized spacial score (nSPS) is 13.6. The van der Waals surface area contributed by atoms with Crippen molar-refractivity contribution in [3.63, 3.8) is 0 Å². The minimum atomic E-state index is -3.75. The fourth-order valence-electron chi connectivity index (χ4n) is 1.80. The highest BCUT2D eigenvalue weighted by Crippen LogP contribution is 2.20. The summed E-state index contributed by atoms with van der Waals surface area (Å²) >= 11 is 5.77. The van der Waals surface area contributed by atoms with Crippen molar-refractivity contribution in [2.75, 3.05) is 0 Å². The van der Waals surface area contributed by atoms with Crippen LogP contribution in [0, 0.1) is 5.92 Å². The van der Waals surface area contributed by atoms with E-state index in [0.29, 0.717) is 10.6 Å². The van der Waals surface area contributed by atoms with Gasteiger partial charge in [0, 0.05) is 5.02 Å². The number of carboxylic acid groups (broad SMARTS) is 1. The molecule has 1 atom stereocenters. The summed E-state index contributed by atoms with van der Waals surface area (Å²) in [5.74, 6) is -2.11. The molecule has 1 rings (SSSR count). The number of hydrogen-bond donors (Lipinski definition) is 1. The highest BCUT2D eigenvalue weighted by atomic mass is 35.5. The average Bonchev–Trinajstić information content (AvgIpc) is 2.13. The van der Waals surface area contributed by atoms with Crippen molar-refractivity contribution >= 4 is 27.4 Å². The second-order valence-corrected chi connectivity index (χ2v) is 7.00. The predicted octanol–water partition coefficient (Wildman–Crippen LogP) is 2.36. The third kappa shape index (κ3) is 3.71. The number of sulfone groups is 1. The molecule has 18 heavy (non-hydrogen) atoms. The SMILES string of the molecule is CC(C)C(C(=O)O)S(=O)(=O)Cc1cccc(Cl)c1. The van der Waals surface area contributed by atoms with Gasteiger partial charge in [0.05, 0.1) is 5.75 Å². The van der Waals surface area contributed by atoms with Gasteiger partial charge in [-0.1, -0.05) is 37.6 Å². The summed E-state index contributed by atoms with van der Waals surface area (Å²) in [6.45, 7) is 3.16. The quantitative estimate of drug-likeness (QED) is 0.903. The van der Waals surface area contributed by atoms with E-state index in [1.165, 1.54) is 6.07 Å². The third-order valence-electron chi connectivity index (χ3n) is 2.49. The molecule has 0 aliphatic carbocycles. The van der Waals surface area contributed by atoms with E-state index >= 15 is 0 Å². The van der Waals surface area contributed by atoms with Crippen LogP contribution in [0.5, 0.6) is 0 Å². The van der Waals surface area contributed by atoms with Gasteiger partial charge in [0.25, 0.3) is 0 Å². The fraction of sp³-hybridized carbons (Fsp3) is 0.417. The summed E-state index contributed by atoms with van der Waals surface area (Å²) in [7, 11) is -3.75. The largest absolute Gasteiger partial charge is 0.480 e. The molecule has 0 heterocycles. The number of aliphatic carboxylic acids is 1. The molecule has 1 aromatic rings. The van der Waals surface area contributed by atoms with E-state index in [1.54, 1.807) is 32.0 Å². The lowest BCUT2D eigenvalue weighted by atomic mass is 10.1. The van der Waals surface area contributed by atoms with E-state index in [2.05, 4.69) is 0 Å². The lowest BCUT2D eigenvalue weighted by Gasteiger charge is -2.16. The van der Waals surface area contributed by atoms with Crippen molar-refractivity contribution in [2.45, 2.75) is 24.9 Å². The van der Waals surface area contributed by atoms with Crippen LogP contribution in [0.2, 0.25) is 5.02 Å². The maximum atomic E-state index is 12.1. The number of carboxylic acids is 1. The second kappa shape index (κ2) is 5.71. The minimum absolute atomic E-state index is 0.317. The molecule has 1 N–H and O–H groups in total. The highest BCUT2D eigenvalue weighted by molar-refractivity contribution is 7.92. The third-order valence-corrected chi connectivity index (χ3v) is 4.98. The smallest absolute Gasteiger partial charge is 0.322 e. The molecule has 0 aliphatic heterocycles.